The first-order chi connectivity index (χ1) is 6.65. The normalized spacial score (nSPS) is 9.79. The number of hydrogen-bond acceptors (Lipinski definition) is 6. The van der Waals surface area contributed by atoms with Crippen LogP contribution in [0.4, 0.5) is 5.13 Å². The Balaban J connectivity index is 2.61. The zero-order valence-corrected chi connectivity index (χ0v) is 8.47. The topological polar surface area (TPSA) is 82.3 Å². The number of nitrogens with two attached hydrogens (primary N) is 1. The molecule has 1 rings (SSSR count). The van der Waals surface area contributed by atoms with Gasteiger partial charge in [0.05, 0.1) is 6.61 Å². The summed E-state index contributed by atoms with van der Waals surface area (Å²) < 4.78 is 4.65. The second-order valence-corrected chi connectivity index (χ2v) is 3.43. The van der Waals surface area contributed by atoms with Crippen LogP contribution in [0.25, 0.3) is 0 Å². The number of aromatic nitrogens is 1. The van der Waals surface area contributed by atoms with Crippen LogP contribution < -0.4 is 5.73 Å². The second kappa shape index (κ2) is 4.71. The van der Waals surface area contributed by atoms with Crippen molar-refractivity contribution in [1.82, 2.24) is 4.98 Å². The summed E-state index contributed by atoms with van der Waals surface area (Å²) in [6.07, 6.45) is 0.679. The molecule has 0 unspecified atom stereocenters. The van der Waals surface area contributed by atoms with E-state index in [0.717, 1.165) is 11.3 Å². The van der Waals surface area contributed by atoms with Crippen molar-refractivity contribution < 1.29 is 14.3 Å². The summed E-state index contributed by atoms with van der Waals surface area (Å²) in [6, 6.07) is 0. The van der Waals surface area contributed by atoms with Gasteiger partial charge in [-0.3, -0.25) is 4.79 Å². The minimum Gasteiger partial charge on any atom is -0.460 e. The first-order valence-corrected chi connectivity index (χ1v) is 4.95. The molecular formula is C8H10N2O3S. The van der Waals surface area contributed by atoms with Crippen molar-refractivity contribution in [1.29, 1.82) is 0 Å². The second-order valence-electron chi connectivity index (χ2n) is 2.54. The van der Waals surface area contributed by atoms with Gasteiger partial charge in [-0.05, 0) is 6.42 Å². The highest BCUT2D eigenvalue weighted by Gasteiger charge is 2.20. The van der Waals surface area contributed by atoms with Gasteiger partial charge >= 0.3 is 5.97 Å². The van der Waals surface area contributed by atoms with Crippen LogP contribution in [0.1, 0.15) is 23.8 Å². The molecule has 0 aromatic carbocycles. The van der Waals surface area contributed by atoms with Crippen LogP contribution in [0, 0.1) is 0 Å². The van der Waals surface area contributed by atoms with E-state index in [1.165, 1.54) is 5.38 Å². The molecule has 0 radical (unpaired) electrons. The van der Waals surface area contributed by atoms with Gasteiger partial charge in [0.2, 0.25) is 0 Å². The number of ether oxygens (including phenoxy) is 1. The van der Waals surface area contributed by atoms with Gasteiger partial charge in [0.15, 0.2) is 5.13 Å². The molecular weight excluding hydrogens is 204 g/mol. The van der Waals surface area contributed by atoms with Crippen molar-refractivity contribution in [2.45, 2.75) is 13.3 Å². The average Bonchev–Trinajstić information content (AvgIpc) is 2.60. The number of thiazole rings is 1. The molecule has 0 fully saturated rings. The number of nitrogens with zero attached hydrogens (tertiary/aromatic N) is 1. The zero-order valence-electron chi connectivity index (χ0n) is 7.65. The van der Waals surface area contributed by atoms with Crippen molar-refractivity contribution in [3.8, 4) is 0 Å². The summed E-state index contributed by atoms with van der Waals surface area (Å²) in [6.45, 7) is 2.09. The smallest absolute Gasteiger partial charge is 0.381 e. The number of nitrogen functional groups attached to an aromatic ring is 1. The predicted molar refractivity (Wildman–Crippen MR) is 52.1 cm³/mol. The van der Waals surface area contributed by atoms with Crippen molar-refractivity contribution in [3.63, 3.8) is 0 Å². The number of carbonyl (C=O) groups is 2. The SMILES string of the molecule is CCCOC(=O)C(=O)c1csc(N)n1. The van der Waals surface area contributed by atoms with Gasteiger partial charge in [-0.1, -0.05) is 6.92 Å². The highest BCUT2D eigenvalue weighted by Crippen LogP contribution is 2.11. The van der Waals surface area contributed by atoms with E-state index in [9.17, 15) is 9.59 Å². The lowest BCUT2D eigenvalue weighted by molar-refractivity contribution is -0.138. The van der Waals surface area contributed by atoms with E-state index in [4.69, 9.17) is 5.73 Å². The van der Waals surface area contributed by atoms with E-state index in [-0.39, 0.29) is 17.4 Å². The molecule has 0 aliphatic carbocycles. The van der Waals surface area contributed by atoms with Gasteiger partial charge in [0.25, 0.3) is 5.78 Å². The maximum absolute atomic E-state index is 11.3. The maximum atomic E-state index is 11.3. The van der Waals surface area contributed by atoms with Crippen LogP contribution in [-0.2, 0) is 9.53 Å². The fourth-order valence-electron chi connectivity index (χ4n) is 0.757. The molecule has 0 atom stereocenters. The van der Waals surface area contributed by atoms with E-state index in [2.05, 4.69) is 9.72 Å². The number of anilines is 1. The zero-order chi connectivity index (χ0) is 10.6. The highest BCUT2D eigenvalue weighted by atomic mass is 32.1. The van der Waals surface area contributed by atoms with E-state index < -0.39 is 11.8 Å². The van der Waals surface area contributed by atoms with Crippen LogP contribution in [-0.4, -0.2) is 23.3 Å². The molecule has 0 aliphatic heterocycles. The summed E-state index contributed by atoms with van der Waals surface area (Å²) in [7, 11) is 0. The number of rotatable bonds is 4. The molecule has 5 nitrogen and oxygen atoms in total. The molecule has 0 bridgehead atoms. The molecule has 0 saturated carbocycles. The fourth-order valence-corrected chi connectivity index (χ4v) is 1.30. The number of carbonyl (C=O) groups excluding carboxylic acids is 2. The molecule has 0 aliphatic rings. The van der Waals surface area contributed by atoms with E-state index in [1.54, 1.807) is 0 Å². The first kappa shape index (κ1) is 10.6. The number of hydrogen-bond donors (Lipinski definition) is 1. The van der Waals surface area contributed by atoms with Crippen LogP contribution in [0.2, 0.25) is 0 Å². The van der Waals surface area contributed by atoms with E-state index in [0.29, 0.717) is 6.42 Å². The monoisotopic (exact) mass is 214 g/mol. The van der Waals surface area contributed by atoms with Gasteiger partial charge < -0.3 is 10.5 Å². The average molecular weight is 214 g/mol. The highest BCUT2D eigenvalue weighted by molar-refractivity contribution is 7.13. The Kier molecular flexibility index (Phi) is 3.58. The van der Waals surface area contributed by atoms with Crippen LogP contribution in [0.3, 0.4) is 0 Å². The predicted octanol–water partition coefficient (Wildman–Crippen LogP) is 0.861. The molecule has 14 heavy (non-hydrogen) atoms. The summed E-state index contributed by atoms with van der Waals surface area (Å²) >= 11 is 1.11. The van der Waals surface area contributed by atoms with Gasteiger partial charge in [-0.15, -0.1) is 11.3 Å². The maximum Gasteiger partial charge on any atom is 0.381 e. The fraction of sp³-hybridized carbons (Fsp3) is 0.375. The lowest BCUT2D eigenvalue weighted by atomic mass is 10.3. The Labute approximate surface area is 84.9 Å². The lowest BCUT2D eigenvalue weighted by Crippen LogP contribution is -2.18. The Bertz CT molecular complexity index is 348. The van der Waals surface area contributed by atoms with Crippen LogP contribution >= 0.6 is 11.3 Å². The Hall–Kier alpha value is -1.43. The van der Waals surface area contributed by atoms with Crippen LogP contribution in [0.15, 0.2) is 5.38 Å². The number of ketones is 1. The first-order valence-electron chi connectivity index (χ1n) is 4.07. The Morgan fingerprint density at radius 1 is 1.64 bits per heavy atom. The summed E-state index contributed by atoms with van der Waals surface area (Å²) in [5.41, 5.74) is 5.37. The summed E-state index contributed by atoms with van der Waals surface area (Å²) in [5.74, 6) is -1.62. The van der Waals surface area contributed by atoms with E-state index in [1.807, 2.05) is 6.92 Å². The molecule has 0 spiro atoms. The molecule has 2 N–H and O–H groups in total. The third-order valence-electron chi connectivity index (χ3n) is 1.38. The molecule has 1 aromatic heterocycles. The number of Topliss-reactive ketones (excluding diaryl/α,β-unsaturated/α-hetero) is 1. The van der Waals surface area contributed by atoms with Crippen molar-refractivity contribution in [2.24, 2.45) is 0 Å². The van der Waals surface area contributed by atoms with Crippen molar-refractivity contribution in [2.75, 3.05) is 12.3 Å². The number of esters is 1. The lowest BCUT2D eigenvalue weighted by Gasteiger charge is -1.98. The third-order valence-corrected chi connectivity index (χ3v) is 2.05. The van der Waals surface area contributed by atoms with Crippen LogP contribution in [0.5, 0.6) is 0 Å². The van der Waals surface area contributed by atoms with Crippen molar-refractivity contribution in [3.05, 3.63) is 11.1 Å². The molecule has 6 heteroatoms. The molecule has 0 saturated heterocycles. The Morgan fingerprint density at radius 2 is 2.36 bits per heavy atom. The van der Waals surface area contributed by atoms with Crippen molar-refractivity contribution >= 4 is 28.2 Å². The van der Waals surface area contributed by atoms with E-state index >= 15 is 0 Å². The van der Waals surface area contributed by atoms with Gasteiger partial charge in [-0.25, -0.2) is 9.78 Å². The minimum absolute atomic E-state index is 0.0496. The van der Waals surface area contributed by atoms with Gasteiger partial charge in [-0.2, -0.15) is 0 Å². The standard InChI is InChI=1S/C8H10N2O3S/c1-2-3-13-7(12)6(11)5-4-14-8(9)10-5/h4H,2-3H2,1H3,(H2,9,10). The van der Waals surface area contributed by atoms with Gasteiger partial charge in [0, 0.05) is 5.38 Å². The molecule has 1 aromatic rings. The quantitative estimate of drug-likeness (QED) is 0.456. The largest absolute Gasteiger partial charge is 0.460 e. The van der Waals surface area contributed by atoms with Gasteiger partial charge in [0.1, 0.15) is 5.69 Å². The molecule has 76 valence electrons. The molecule has 0 amide bonds. The summed E-state index contributed by atoms with van der Waals surface area (Å²) in [4.78, 5) is 26.0. The summed E-state index contributed by atoms with van der Waals surface area (Å²) in [5, 5.41) is 1.70. The third kappa shape index (κ3) is 2.53. The minimum atomic E-state index is -0.878. The molecule has 1 heterocycles. The Morgan fingerprint density at radius 3 is 2.86 bits per heavy atom.